The number of hydrogen-bond acceptors (Lipinski definition) is 4. The molecular weight excluding hydrogens is 432 g/mol. The summed E-state index contributed by atoms with van der Waals surface area (Å²) in [5.41, 5.74) is 1.84. The summed E-state index contributed by atoms with van der Waals surface area (Å²) in [4.78, 5) is 12.4. The van der Waals surface area contributed by atoms with E-state index in [-0.39, 0.29) is 18.4 Å². The fourth-order valence-electron chi connectivity index (χ4n) is 4.03. The maximum Gasteiger partial charge on any atom is 0.373 e. The van der Waals surface area contributed by atoms with E-state index in [2.05, 4.69) is 35.6 Å². The quantitative estimate of drug-likeness (QED) is 0.260. The largest absolute Gasteiger partial charge is 0.460 e. The maximum atomic E-state index is 12.4. The second-order valence-corrected chi connectivity index (χ2v) is 9.80. The molecule has 0 radical (unpaired) electrons. The highest BCUT2D eigenvalue weighted by Gasteiger charge is 2.23. The van der Waals surface area contributed by atoms with Gasteiger partial charge in [0.05, 0.1) is 6.42 Å². The van der Waals surface area contributed by atoms with Gasteiger partial charge in [-0.25, -0.2) is 0 Å². The van der Waals surface area contributed by atoms with Crippen molar-refractivity contribution < 1.29 is 14.6 Å². The third kappa shape index (κ3) is 8.30. The molecule has 31 heavy (non-hydrogen) atoms. The molecule has 0 aromatic heterocycles. The first kappa shape index (κ1) is 26.0. The second-order valence-electron chi connectivity index (χ2n) is 9.05. The minimum atomic E-state index is -0.727. The molecule has 0 unspecified atom stereocenters. The van der Waals surface area contributed by atoms with Crippen LogP contribution in [0, 0.1) is 0 Å². The minimum absolute atomic E-state index is 0.180. The van der Waals surface area contributed by atoms with Crippen molar-refractivity contribution in [2.24, 2.45) is 0 Å². The summed E-state index contributed by atoms with van der Waals surface area (Å²) in [6.45, 7) is 7.22. The van der Waals surface area contributed by atoms with E-state index in [0.717, 1.165) is 23.8 Å². The number of nitrogens with one attached hydrogen (secondary N) is 1. The van der Waals surface area contributed by atoms with Gasteiger partial charge in [-0.15, -0.1) is 23.2 Å². The molecule has 0 saturated carbocycles. The lowest BCUT2D eigenvalue weighted by Gasteiger charge is -2.24. The number of fused-ring (bicyclic) bond motifs is 1. The summed E-state index contributed by atoms with van der Waals surface area (Å²) >= 11 is 12.1. The average Bonchev–Trinajstić information content (AvgIpc) is 2.65. The van der Waals surface area contributed by atoms with E-state index in [0.29, 0.717) is 24.1 Å². The summed E-state index contributed by atoms with van der Waals surface area (Å²) in [6.07, 6.45) is 2.53. The molecule has 0 spiro atoms. The van der Waals surface area contributed by atoms with Crippen LogP contribution in [0.4, 0.5) is 0 Å². The lowest BCUT2D eigenvalue weighted by atomic mass is 9.84. The Balaban J connectivity index is 2.35. The maximum absolute atomic E-state index is 12.4. The van der Waals surface area contributed by atoms with E-state index < -0.39 is 12.7 Å². The van der Waals surface area contributed by atoms with Crippen molar-refractivity contribution in [1.29, 1.82) is 0 Å². The third-order valence-corrected chi connectivity index (χ3v) is 5.61. The standard InChI is InChI=1S/C24H34BCl2NO3/c1-24(2,3)31-23(29)16-19(28-25(4)30)15-18-7-5-10-22-20(8-6-9-21(18)22)17(11-13-26)12-14-27/h5-10,17,19,28,30H,11-16H2,1-4H3/t19-/m0/s1. The highest BCUT2D eigenvalue weighted by molar-refractivity contribution is 6.45. The molecule has 0 aliphatic rings. The first-order chi connectivity index (χ1) is 14.6. The molecule has 0 aliphatic carbocycles. The van der Waals surface area contributed by atoms with Crippen LogP contribution in [0.5, 0.6) is 0 Å². The Bertz CT molecular complexity index is 848. The van der Waals surface area contributed by atoms with Crippen LogP contribution in [0.3, 0.4) is 0 Å². The molecule has 0 amide bonds. The number of rotatable bonds is 11. The van der Waals surface area contributed by atoms with Crippen molar-refractivity contribution in [2.45, 2.75) is 70.8 Å². The van der Waals surface area contributed by atoms with Gasteiger partial charge in [-0.05, 0) is 74.7 Å². The number of benzene rings is 2. The van der Waals surface area contributed by atoms with E-state index in [9.17, 15) is 9.82 Å². The van der Waals surface area contributed by atoms with Gasteiger partial charge < -0.3 is 15.0 Å². The van der Waals surface area contributed by atoms with Crippen molar-refractivity contribution in [3.8, 4) is 0 Å². The van der Waals surface area contributed by atoms with Crippen LogP contribution in [0.2, 0.25) is 6.82 Å². The Morgan fingerprint density at radius 2 is 1.71 bits per heavy atom. The highest BCUT2D eigenvalue weighted by atomic mass is 35.5. The van der Waals surface area contributed by atoms with Crippen molar-refractivity contribution in [2.75, 3.05) is 11.8 Å². The van der Waals surface area contributed by atoms with E-state index in [1.807, 2.05) is 26.8 Å². The van der Waals surface area contributed by atoms with Gasteiger partial charge in [0, 0.05) is 17.8 Å². The van der Waals surface area contributed by atoms with Gasteiger partial charge in [-0.2, -0.15) is 0 Å². The SMILES string of the molecule is CB(O)N[C@H](CC(=O)OC(C)(C)C)Cc1cccc2c(C(CCCl)CCCl)cccc12. The number of carbonyl (C=O) groups excluding carboxylic acids is 1. The molecule has 2 N–H and O–H groups in total. The normalized spacial score (nSPS) is 12.9. The smallest absolute Gasteiger partial charge is 0.373 e. The molecule has 2 aromatic rings. The number of halogens is 2. The lowest BCUT2D eigenvalue weighted by molar-refractivity contribution is -0.155. The predicted octanol–water partition coefficient (Wildman–Crippen LogP) is 5.52. The van der Waals surface area contributed by atoms with Crippen LogP contribution in [0.15, 0.2) is 36.4 Å². The summed E-state index contributed by atoms with van der Waals surface area (Å²) < 4.78 is 5.49. The number of hydrogen-bond donors (Lipinski definition) is 2. The van der Waals surface area contributed by atoms with E-state index in [1.165, 1.54) is 10.9 Å². The molecule has 0 saturated heterocycles. The molecule has 7 heteroatoms. The Morgan fingerprint density at radius 3 is 2.29 bits per heavy atom. The highest BCUT2D eigenvalue weighted by Crippen LogP contribution is 2.33. The Morgan fingerprint density at radius 1 is 1.10 bits per heavy atom. The second kappa shape index (κ2) is 12.1. The van der Waals surface area contributed by atoms with Crippen molar-refractivity contribution in [3.63, 3.8) is 0 Å². The van der Waals surface area contributed by atoms with Crippen molar-refractivity contribution >= 4 is 47.0 Å². The molecule has 0 heterocycles. The zero-order chi connectivity index (χ0) is 23.0. The van der Waals surface area contributed by atoms with Crippen LogP contribution in [0.1, 0.15) is 57.1 Å². The molecule has 2 aromatic carbocycles. The molecular formula is C24H34BCl2NO3. The predicted molar refractivity (Wildman–Crippen MR) is 132 cm³/mol. The van der Waals surface area contributed by atoms with Crippen LogP contribution in [-0.2, 0) is 16.0 Å². The summed E-state index contributed by atoms with van der Waals surface area (Å²) in [7, 11) is -0.727. The van der Waals surface area contributed by atoms with E-state index in [4.69, 9.17) is 27.9 Å². The average molecular weight is 466 g/mol. The number of carbonyl (C=O) groups is 1. The fourth-order valence-corrected chi connectivity index (χ4v) is 4.56. The topological polar surface area (TPSA) is 58.6 Å². The number of alkyl halides is 2. The third-order valence-electron chi connectivity index (χ3n) is 5.18. The Kier molecular flexibility index (Phi) is 10.1. The number of ether oxygens (including phenoxy) is 1. The molecule has 0 aliphatic heterocycles. The molecule has 0 bridgehead atoms. The van der Waals surface area contributed by atoms with E-state index in [1.54, 1.807) is 6.82 Å². The minimum Gasteiger partial charge on any atom is -0.460 e. The van der Waals surface area contributed by atoms with Gasteiger partial charge in [0.2, 0.25) is 0 Å². The summed E-state index contributed by atoms with van der Waals surface area (Å²) in [5.74, 6) is 1.21. The van der Waals surface area contributed by atoms with Gasteiger partial charge in [-0.1, -0.05) is 36.4 Å². The summed E-state index contributed by atoms with van der Waals surface area (Å²) in [6, 6.07) is 12.4. The zero-order valence-electron chi connectivity index (χ0n) is 19.0. The lowest BCUT2D eigenvalue weighted by Crippen LogP contribution is -2.43. The Hall–Kier alpha value is -1.27. The summed E-state index contributed by atoms with van der Waals surface area (Å²) in [5, 5.41) is 15.4. The molecule has 2 rings (SSSR count). The zero-order valence-corrected chi connectivity index (χ0v) is 20.5. The fraction of sp³-hybridized carbons (Fsp3) is 0.542. The van der Waals surface area contributed by atoms with E-state index >= 15 is 0 Å². The van der Waals surface area contributed by atoms with Crippen molar-refractivity contribution in [3.05, 3.63) is 47.5 Å². The molecule has 0 fully saturated rings. The Labute approximate surface area is 196 Å². The van der Waals surface area contributed by atoms with Gasteiger partial charge in [0.1, 0.15) is 5.60 Å². The van der Waals surface area contributed by atoms with Gasteiger partial charge in [-0.3, -0.25) is 4.79 Å². The molecule has 1 atom stereocenters. The van der Waals surface area contributed by atoms with Gasteiger partial charge in [0.15, 0.2) is 0 Å². The van der Waals surface area contributed by atoms with Crippen molar-refractivity contribution in [1.82, 2.24) is 5.23 Å². The van der Waals surface area contributed by atoms with Crippen LogP contribution in [-0.4, -0.2) is 41.4 Å². The van der Waals surface area contributed by atoms with Crippen LogP contribution in [0.25, 0.3) is 10.8 Å². The molecule has 4 nitrogen and oxygen atoms in total. The van der Waals surface area contributed by atoms with Crippen LogP contribution < -0.4 is 5.23 Å². The van der Waals surface area contributed by atoms with Crippen LogP contribution >= 0.6 is 23.2 Å². The van der Waals surface area contributed by atoms with Gasteiger partial charge in [0.25, 0.3) is 0 Å². The van der Waals surface area contributed by atoms with Gasteiger partial charge >= 0.3 is 13.0 Å². The molecule has 170 valence electrons. The number of esters is 1. The monoisotopic (exact) mass is 465 g/mol. The first-order valence-corrected chi connectivity index (χ1v) is 12.0. The first-order valence-electron chi connectivity index (χ1n) is 10.9.